The number of hydrogen-bond acceptors (Lipinski definition) is 6. The molecule has 0 aliphatic heterocycles. The molecule has 0 heterocycles. The minimum absolute atomic E-state index is 0.0296. The Labute approximate surface area is 237 Å². The van der Waals surface area contributed by atoms with Crippen LogP contribution in [0.25, 0.3) is 0 Å². The van der Waals surface area contributed by atoms with Crippen molar-refractivity contribution in [2.75, 3.05) is 13.2 Å². The van der Waals surface area contributed by atoms with Gasteiger partial charge in [0, 0.05) is 0 Å². The highest BCUT2D eigenvalue weighted by atomic mass is 32.2. The zero-order valence-electron chi connectivity index (χ0n) is 25.7. The standard InChI is InChI=1S/C30H52NO6PS/c1-11-36-30(32)24-14-13-15-27(24)38(33,37-12-2)28(16-19(3)4)31-39(34,35)29-25(21(7)8)17-23(20(5)6)18-26(29)22(9)10/h17-22,24,27-28,31H,11-16H2,1-10H3/t24-,27+,28+,38+/m0/s1. The van der Waals surface area contributed by atoms with Gasteiger partial charge in [0.15, 0.2) is 0 Å². The van der Waals surface area contributed by atoms with Crippen LogP contribution in [0.15, 0.2) is 17.0 Å². The Hall–Kier alpha value is -1.21. The van der Waals surface area contributed by atoms with E-state index in [1.54, 1.807) is 13.8 Å². The molecule has 0 unspecified atom stereocenters. The van der Waals surface area contributed by atoms with Crippen molar-refractivity contribution in [1.29, 1.82) is 0 Å². The second-order valence-corrected chi connectivity index (χ2v) is 16.7. The Morgan fingerprint density at radius 1 is 0.949 bits per heavy atom. The molecule has 0 saturated heterocycles. The van der Waals surface area contributed by atoms with Crippen LogP contribution in [0.5, 0.6) is 0 Å². The summed E-state index contributed by atoms with van der Waals surface area (Å²) < 4.78 is 57.9. The molecule has 224 valence electrons. The number of benzene rings is 1. The minimum Gasteiger partial charge on any atom is -0.466 e. The molecular formula is C30H52NO6PS. The lowest BCUT2D eigenvalue weighted by atomic mass is 9.89. The van der Waals surface area contributed by atoms with E-state index in [0.717, 1.165) is 23.1 Å². The van der Waals surface area contributed by atoms with E-state index in [2.05, 4.69) is 18.6 Å². The third-order valence-electron chi connectivity index (χ3n) is 7.63. The van der Waals surface area contributed by atoms with Gasteiger partial charge < -0.3 is 9.26 Å². The maximum Gasteiger partial charge on any atom is 0.309 e. The lowest BCUT2D eigenvalue weighted by Crippen LogP contribution is -2.41. The Morgan fingerprint density at radius 2 is 1.51 bits per heavy atom. The molecule has 0 aromatic heterocycles. The molecule has 1 saturated carbocycles. The summed E-state index contributed by atoms with van der Waals surface area (Å²) in [6.07, 6.45) is 2.15. The molecule has 9 heteroatoms. The molecule has 0 amide bonds. The topological polar surface area (TPSA) is 98.8 Å². The van der Waals surface area contributed by atoms with Crippen LogP contribution >= 0.6 is 7.37 Å². The van der Waals surface area contributed by atoms with Crippen molar-refractivity contribution in [1.82, 2.24) is 4.72 Å². The molecule has 0 radical (unpaired) electrons. The first-order valence-corrected chi connectivity index (χ1v) is 18.0. The summed E-state index contributed by atoms with van der Waals surface area (Å²) in [6, 6.07) is 4.01. The molecule has 1 aliphatic rings. The first-order valence-electron chi connectivity index (χ1n) is 14.7. The average molecular weight is 586 g/mol. The van der Waals surface area contributed by atoms with Crippen molar-refractivity contribution >= 4 is 23.4 Å². The van der Waals surface area contributed by atoms with Crippen molar-refractivity contribution in [3.05, 3.63) is 28.8 Å². The number of ether oxygens (including phenoxy) is 1. The molecular weight excluding hydrogens is 533 g/mol. The van der Waals surface area contributed by atoms with E-state index in [0.29, 0.717) is 19.3 Å². The summed E-state index contributed by atoms with van der Waals surface area (Å²) in [5, 5.41) is 0. The van der Waals surface area contributed by atoms with Crippen LogP contribution in [0.3, 0.4) is 0 Å². The van der Waals surface area contributed by atoms with E-state index >= 15 is 0 Å². The van der Waals surface area contributed by atoms with Gasteiger partial charge in [-0.2, -0.15) is 4.72 Å². The summed E-state index contributed by atoms with van der Waals surface area (Å²) in [4.78, 5) is 13.1. The summed E-state index contributed by atoms with van der Waals surface area (Å²) >= 11 is 0. The van der Waals surface area contributed by atoms with Gasteiger partial charge in [0.2, 0.25) is 17.4 Å². The fourth-order valence-electron chi connectivity index (χ4n) is 5.67. The summed E-state index contributed by atoms with van der Waals surface area (Å²) in [5.74, 6) is -1.66. The maximum atomic E-state index is 14.9. The van der Waals surface area contributed by atoms with Crippen molar-refractivity contribution in [3.63, 3.8) is 0 Å². The van der Waals surface area contributed by atoms with Gasteiger partial charge in [0.1, 0.15) is 0 Å². The van der Waals surface area contributed by atoms with E-state index in [1.165, 1.54) is 0 Å². The molecule has 4 atom stereocenters. The third-order valence-corrected chi connectivity index (χ3v) is 12.8. The number of carbonyl (C=O) groups is 1. The summed E-state index contributed by atoms with van der Waals surface area (Å²) in [6.45, 7) is 20.1. The van der Waals surface area contributed by atoms with Gasteiger partial charge in [-0.1, -0.05) is 73.9 Å². The van der Waals surface area contributed by atoms with Gasteiger partial charge in [-0.05, 0) is 73.5 Å². The van der Waals surface area contributed by atoms with Crippen LogP contribution in [0, 0.1) is 11.8 Å². The zero-order chi connectivity index (χ0) is 29.7. The predicted octanol–water partition coefficient (Wildman–Crippen LogP) is 7.75. The smallest absolute Gasteiger partial charge is 0.309 e. The molecule has 2 rings (SSSR count). The Kier molecular flexibility index (Phi) is 12.3. The monoisotopic (exact) mass is 585 g/mol. The molecule has 1 N–H and O–H groups in total. The van der Waals surface area contributed by atoms with Gasteiger partial charge in [-0.25, -0.2) is 8.42 Å². The van der Waals surface area contributed by atoms with E-state index in [4.69, 9.17) is 9.26 Å². The number of rotatable bonds is 14. The number of nitrogens with one attached hydrogen (secondary N) is 1. The average Bonchev–Trinajstić information content (AvgIpc) is 3.33. The van der Waals surface area contributed by atoms with Crippen LogP contribution in [-0.2, 0) is 28.6 Å². The van der Waals surface area contributed by atoms with Gasteiger partial charge in [0.05, 0.1) is 35.5 Å². The molecule has 1 aliphatic carbocycles. The summed E-state index contributed by atoms with van der Waals surface area (Å²) in [7, 11) is -7.77. The molecule has 0 spiro atoms. The molecule has 0 bridgehead atoms. The predicted molar refractivity (Wildman–Crippen MR) is 159 cm³/mol. The minimum atomic E-state index is -4.10. The number of carbonyl (C=O) groups excluding carboxylic acids is 1. The molecule has 7 nitrogen and oxygen atoms in total. The normalized spacial score (nSPS) is 20.7. The van der Waals surface area contributed by atoms with Crippen LogP contribution in [0.4, 0.5) is 0 Å². The first kappa shape index (κ1) is 34.0. The number of hydrogen-bond donors (Lipinski definition) is 1. The van der Waals surface area contributed by atoms with E-state index in [9.17, 15) is 17.8 Å². The molecule has 1 fully saturated rings. The number of sulfonamides is 1. The highest BCUT2D eigenvalue weighted by Gasteiger charge is 2.51. The lowest BCUT2D eigenvalue weighted by molar-refractivity contribution is -0.147. The van der Waals surface area contributed by atoms with Gasteiger partial charge in [-0.3, -0.25) is 9.36 Å². The number of esters is 1. The maximum absolute atomic E-state index is 14.9. The molecule has 1 aromatic carbocycles. The Balaban J connectivity index is 2.71. The Morgan fingerprint density at radius 3 is 1.95 bits per heavy atom. The van der Waals surface area contributed by atoms with Gasteiger partial charge >= 0.3 is 5.97 Å². The van der Waals surface area contributed by atoms with E-state index in [1.807, 2.05) is 53.7 Å². The highest BCUT2D eigenvalue weighted by Crippen LogP contribution is 2.63. The van der Waals surface area contributed by atoms with Crippen molar-refractivity contribution < 1.29 is 27.0 Å². The second kappa shape index (κ2) is 14.1. The van der Waals surface area contributed by atoms with Crippen LogP contribution in [-0.4, -0.2) is 39.0 Å². The van der Waals surface area contributed by atoms with Crippen LogP contribution in [0.2, 0.25) is 0 Å². The van der Waals surface area contributed by atoms with Crippen LogP contribution in [0.1, 0.15) is 129 Å². The summed E-state index contributed by atoms with van der Waals surface area (Å²) in [5.41, 5.74) is 2.04. The van der Waals surface area contributed by atoms with E-state index in [-0.39, 0.29) is 47.8 Å². The van der Waals surface area contributed by atoms with Crippen LogP contribution < -0.4 is 4.72 Å². The lowest BCUT2D eigenvalue weighted by Gasteiger charge is -2.35. The second-order valence-electron chi connectivity index (χ2n) is 12.2. The van der Waals surface area contributed by atoms with E-state index < -0.39 is 34.8 Å². The van der Waals surface area contributed by atoms with Gasteiger partial charge in [0.25, 0.3) is 0 Å². The largest absolute Gasteiger partial charge is 0.466 e. The molecule has 1 aromatic rings. The SMILES string of the molecule is CCOC(=O)[C@H]1CCC[C@H]1[P@@](=O)(OCC)[C@H](CC(C)C)NS(=O)(=O)c1c(C(C)C)cc(C(C)C)cc1C(C)C. The van der Waals surface area contributed by atoms with Gasteiger partial charge in [-0.15, -0.1) is 0 Å². The quantitative estimate of drug-likeness (QED) is 0.177. The zero-order valence-corrected chi connectivity index (χ0v) is 27.5. The van der Waals surface area contributed by atoms with Crippen molar-refractivity contribution in [2.45, 2.75) is 129 Å². The Bertz CT molecular complexity index is 1100. The van der Waals surface area contributed by atoms with Crippen molar-refractivity contribution in [2.24, 2.45) is 11.8 Å². The third kappa shape index (κ3) is 7.96. The fourth-order valence-corrected chi connectivity index (χ4v) is 11.7. The highest BCUT2D eigenvalue weighted by molar-refractivity contribution is 7.90. The van der Waals surface area contributed by atoms with Crippen molar-refractivity contribution in [3.8, 4) is 0 Å². The fraction of sp³-hybridized carbons (Fsp3) is 0.767. The molecule has 39 heavy (non-hydrogen) atoms. The first-order chi connectivity index (χ1) is 18.1.